The summed E-state index contributed by atoms with van der Waals surface area (Å²) in [6, 6.07) is 5.23. The number of hydrogen-bond donors (Lipinski definition) is 4. The molecule has 4 fully saturated rings. The van der Waals surface area contributed by atoms with Gasteiger partial charge >= 0.3 is 0 Å². The van der Waals surface area contributed by atoms with Crippen molar-refractivity contribution in [3.05, 3.63) is 23.8 Å². The number of ketones is 1. The number of carbonyl (C=O) groups is 1. The number of piperidine rings is 2. The second-order valence-electron chi connectivity index (χ2n) is 8.59. The van der Waals surface area contributed by atoms with E-state index in [0.29, 0.717) is 5.78 Å². The molecule has 0 saturated carbocycles. The first-order chi connectivity index (χ1) is 11.9. The van der Waals surface area contributed by atoms with Gasteiger partial charge in [-0.3, -0.25) is 14.6 Å². The minimum atomic E-state index is -0.152. The molecule has 0 spiro atoms. The van der Waals surface area contributed by atoms with E-state index in [1.807, 2.05) is 6.07 Å². The molecule has 4 aliphatic rings. The summed E-state index contributed by atoms with van der Waals surface area (Å²) in [6.45, 7) is 8.04. The number of phenols is 2. The molecule has 4 saturated heterocycles. The molecule has 5 rings (SSSR count). The Morgan fingerprint density at radius 1 is 0.960 bits per heavy atom. The Kier molecular flexibility index (Phi) is 3.85. The first-order valence-electron chi connectivity index (χ1n) is 9.71. The minimum Gasteiger partial charge on any atom is -0.504 e. The SMILES string of the molecule is CCCC12C[NH+]3CC(CCC)(C[NH+](C1)C3c1ccc(O)c(O)c1)C2=O. The smallest absolute Gasteiger partial charge is 0.240 e. The third-order valence-electron chi connectivity index (χ3n) is 6.83. The van der Waals surface area contributed by atoms with Gasteiger partial charge in [0.05, 0.1) is 5.56 Å². The lowest BCUT2D eigenvalue weighted by atomic mass is 9.57. The van der Waals surface area contributed by atoms with E-state index >= 15 is 0 Å². The van der Waals surface area contributed by atoms with Gasteiger partial charge in [-0.25, -0.2) is 0 Å². The maximum atomic E-state index is 13.4. The Balaban J connectivity index is 1.73. The highest BCUT2D eigenvalue weighted by molar-refractivity contribution is 5.92. The largest absolute Gasteiger partial charge is 0.504 e. The van der Waals surface area contributed by atoms with Crippen molar-refractivity contribution < 1.29 is 24.8 Å². The van der Waals surface area contributed by atoms with E-state index in [-0.39, 0.29) is 28.5 Å². The Morgan fingerprint density at radius 3 is 1.92 bits per heavy atom. The van der Waals surface area contributed by atoms with Gasteiger partial charge in [-0.1, -0.05) is 26.7 Å². The quantitative estimate of drug-likeness (QED) is 0.570. The molecule has 4 heterocycles. The van der Waals surface area contributed by atoms with Crippen molar-refractivity contribution in [1.29, 1.82) is 0 Å². The fraction of sp³-hybridized carbons (Fsp3) is 0.650. The molecular formula is C20H30N2O3+2. The van der Waals surface area contributed by atoms with Crippen molar-refractivity contribution >= 4 is 5.78 Å². The van der Waals surface area contributed by atoms with Crippen LogP contribution in [0.15, 0.2) is 18.2 Å². The van der Waals surface area contributed by atoms with E-state index in [4.69, 9.17) is 0 Å². The van der Waals surface area contributed by atoms with Crippen molar-refractivity contribution in [2.24, 2.45) is 10.8 Å². The van der Waals surface area contributed by atoms with E-state index in [2.05, 4.69) is 13.8 Å². The van der Waals surface area contributed by atoms with Crippen molar-refractivity contribution in [3.8, 4) is 11.5 Å². The summed E-state index contributed by atoms with van der Waals surface area (Å²) in [5, 5.41) is 19.6. The molecule has 0 amide bonds. The monoisotopic (exact) mass is 346 g/mol. The predicted molar refractivity (Wildman–Crippen MR) is 93.6 cm³/mol. The fourth-order valence-corrected chi connectivity index (χ4v) is 6.30. The molecular weight excluding hydrogens is 316 g/mol. The van der Waals surface area contributed by atoms with Crippen LogP contribution in [0.2, 0.25) is 0 Å². The number of aromatic hydroxyl groups is 2. The highest BCUT2D eigenvalue weighted by Gasteiger charge is 2.70. The summed E-state index contributed by atoms with van der Waals surface area (Å²) in [5.74, 6) is 0.431. The van der Waals surface area contributed by atoms with Crippen LogP contribution in [-0.4, -0.2) is 42.2 Å². The molecule has 136 valence electrons. The summed E-state index contributed by atoms with van der Waals surface area (Å²) >= 11 is 0. The molecule has 1 aromatic carbocycles. The van der Waals surface area contributed by atoms with Gasteiger partial charge in [-0.15, -0.1) is 0 Å². The molecule has 4 bridgehead atoms. The molecule has 4 N–H and O–H groups in total. The highest BCUT2D eigenvalue weighted by atomic mass is 16.3. The summed E-state index contributed by atoms with van der Waals surface area (Å²) in [5.41, 5.74) is 0.769. The predicted octanol–water partition coefficient (Wildman–Crippen LogP) is 0.0491. The molecule has 0 aliphatic carbocycles. The van der Waals surface area contributed by atoms with E-state index in [1.165, 1.54) is 9.80 Å². The average molecular weight is 346 g/mol. The van der Waals surface area contributed by atoms with Gasteiger partial charge in [0.15, 0.2) is 17.3 Å². The molecule has 5 nitrogen and oxygen atoms in total. The van der Waals surface area contributed by atoms with Gasteiger partial charge in [0.25, 0.3) is 0 Å². The first kappa shape index (κ1) is 16.9. The molecule has 0 radical (unpaired) electrons. The summed E-state index contributed by atoms with van der Waals surface area (Å²) < 4.78 is 0. The Morgan fingerprint density at radius 2 is 1.48 bits per heavy atom. The maximum absolute atomic E-state index is 13.4. The molecule has 25 heavy (non-hydrogen) atoms. The van der Waals surface area contributed by atoms with Gasteiger partial charge in [0, 0.05) is 0 Å². The highest BCUT2D eigenvalue weighted by Crippen LogP contribution is 2.42. The van der Waals surface area contributed by atoms with Gasteiger partial charge < -0.3 is 10.2 Å². The zero-order chi connectivity index (χ0) is 17.8. The number of rotatable bonds is 5. The Labute approximate surface area is 149 Å². The number of Topliss-reactive ketones (excluding diaryl/α,β-unsaturated/α-hetero) is 1. The van der Waals surface area contributed by atoms with Crippen LogP contribution in [-0.2, 0) is 4.79 Å². The van der Waals surface area contributed by atoms with Crippen LogP contribution in [0.3, 0.4) is 0 Å². The lowest BCUT2D eigenvalue weighted by Crippen LogP contribution is -3.41. The average Bonchev–Trinajstić information content (AvgIpc) is 2.55. The second kappa shape index (κ2) is 5.71. The van der Waals surface area contributed by atoms with Gasteiger partial charge in [-0.2, -0.15) is 0 Å². The van der Waals surface area contributed by atoms with Crippen molar-refractivity contribution in [3.63, 3.8) is 0 Å². The van der Waals surface area contributed by atoms with Crippen LogP contribution in [0.25, 0.3) is 0 Å². The van der Waals surface area contributed by atoms with Gasteiger partial charge in [-0.05, 0) is 31.0 Å². The summed E-state index contributed by atoms with van der Waals surface area (Å²) in [4.78, 5) is 16.4. The van der Waals surface area contributed by atoms with Crippen LogP contribution in [0, 0.1) is 10.8 Å². The molecule has 1 aromatic rings. The number of hydrogen-bond acceptors (Lipinski definition) is 3. The third-order valence-corrected chi connectivity index (χ3v) is 6.83. The standard InChI is InChI=1S/C20H28N2O3/c1-3-7-19-10-21-12-20(8-4-2,18(19)25)13-22(11-19)17(21)14-5-6-15(23)16(24)9-14/h5-6,9,17,23-24H,3-4,7-8,10-13H2,1-2H3/p+2. The topological polar surface area (TPSA) is 66.4 Å². The summed E-state index contributed by atoms with van der Waals surface area (Å²) in [7, 11) is 0. The molecule has 4 aliphatic heterocycles. The van der Waals surface area contributed by atoms with Crippen LogP contribution < -0.4 is 9.80 Å². The van der Waals surface area contributed by atoms with Gasteiger partial charge in [0.2, 0.25) is 6.17 Å². The van der Waals surface area contributed by atoms with Crippen LogP contribution >= 0.6 is 0 Å². The lowest BCUT2D eigenvalue weighted by Gasteiger charge is -2.60. The summed E-state index contributed by atoms with van der Waals surface area (Å²) in [6.07, 6.45) is 4.36. The van der Waals surface area contributed by atoms with Crippen LogP contribution in [0.4, 0.5) is 0 Å². The molecule has 5 heteroatoms. The van der Waals surface area contributed by atoms with Crippen molar-refractivity contribution in [2.45, 2.75) is 45.7 Å². The fourth-order valence-electron chi connectivity index (χ4n) is 6.30. The van der Waals surface area contributed by atoms with E-state index in [1.54, 1.807) is 12.1 Å². The zero-order valence-electron chi connectivity index (χ0n) is 15.3. The normalized spacial score (nSPS) is 39.1. The lowest BCUT2D eigenvalue weighted by molar-refractivity contribution is -1.18. The van der Waals surface area contributed by atoms with Crippen molar-refractivity contribution in [1.82, 2.24) is 0 Å². The number of nitrogens with one attached hydrogen (secondary N) is 2. The van der Waals surface area contributed by atoms with E-state index < -0.39 is 0 Å². The number of benzene rings is 1. The molecule has 0 atom stereocenters. The maximum Gasteiger partial charge on any atom is 0.240 e. The zero-order valence-corrected chi connectivity index (χ0v) is 15.3. The number of phenolic OH excluding ortho intramolecular Hbond substituents is 2. The minimum absolute atomic E-state index is 0.0462. The number of quaternary nitrogens is 2. The van der Waals surface area contributed by atoms with Crippen molar-refractivity contribution in [2.75, 3.05) is 26.2 Å². The number of carbonyl (C=O) groups excluding carboxylic acids is 1. The Bertz CT molecular complexity index is 658. The van der Waals surface area contributed by atoms with Crippen LogP contribution in [0.5, 0.6) is 11.5 Å². The Hall–Kier alpha value is -1.59. The molecule has 0 unspecified atom stereocenters. The van der Waals surface area contributed by atoms with E-state index in [9.17, 15) is 15.0 Å². The third kappa shape index (κ3) is 2.32. The van der Waals surface area contributed by atoms with Crippen LogP contribution in [0.1, 0.15) is 51.3 Å². The second-order valence-corrected chi connectivity index (χ2v) is 8.59. The molecule has 0 aromatic heterocycles. The van der Waals surface area contributed by atoms with Gasteiger partial charge in [0.1, 0.15) is 37.0 Å². The first-order valence-corrected chi connectivity index (χ1v) is 9.71. The van der Waals surface area contributed by atoms with E-state index in [0.717, 1.165) is 57.4 Å².